The molecule has 18 atom stereocenters. The quantitative estimate of drug-likeness (QED) is 0.0203. The molecule has 3 rings (SSSR count). The van der Waals surface area contributed by atoms with Crippen molar-refractivity contribution < 1.29 is 104 Å². The molecule has 23 heteroatoms. The second-order valence-corrected chi connectivity index (χ2v) is 27.2. The van der Waals surface area contributed by atoms with Crippen molar-refractivity contribution in [2.24, 2.45) is 0 Å². The lowest BCUT2D eigenvalue weighted by Crippen LogP contribution is -2.70. The molecule has 3 aliphatic heterocycles. The van der Waals surface area contributed by atoms with Gasteiger partial charge < -0.3 is 100 Å². The number of carboxylic acid groups (broad SMARTS) is 1. The first-order chi connectivity index (χ1) is 45.4. The van der Waals surface area contributed by atoms with Crippen molar-refractivity contribution in [2.75, 3.05) is 26.4 Å². The van der Waals surface area contributed by atoms with E-state index in [0.29, 0.717) is 12.8 Å². The minimum Gasteiger partial charge on any atom is -0.477 e. The predicted octanol–water partition coefficient (Wildman–Crippen LogP) is 7.85. The highest BCUT2D eigenvalue weighted by molar-refractivity contribution is 5.77. The number of carbonyl (C=O) groups excluding carboxylic acids is 2. The highest BCUT2D eigenvalue weighted by atomic mass is 16.8. The van der Waals surface area contributed by atoms with E-state index in [1.807, 2.05) is 6.08 Å². The number of carboxylic acids is 1. The minimum atomic E-state index is -3.08. The van der Waals surface area contributed by atoms with Gasteiger partial charge in [0.2, 0.25) is 11.8 Å². The fraction of sp³-hybridized carbons (Fsp3) is 0.930. The van der Waals surface area contributed by atoms with Gasteiger partial charge in [-0.3, -0.25) is 9.59 Å². The first-order valence-corrected chi connectivity index (χ1v) is 37.1. The minimum absolute atomic E-state index is 0.205. The number of carbonyl (C=O) groups is 3. The van der Waals surface area contributed by atoms with Gasteiger partial charge in [-0.2, -0.15) is 0 Å². The molecule has 94 heavy (non-hydrogen) atoms. The molecule has 0 spiro atoms. The van der Waals surface area contributed by atoms with Crippen molar-refractivity contribution in [3.05, 3.63) is 12.2 Å². The second kappa shape index (κ2) is 51.6. The van der Waals surface area contributed by atoms with E-state index in [9.17, 15) is 75.7 Å². The summed E-state index contributed by atoms with van der Waals surface area (Å²) < 4.78 is 34.8. The molecule has 3 heterocycles. The van der Waals surface area contributed by atoms with Crippen molar-refractivity contribution in [1.82, 2.24) is 10.6 Å². The fourth-order valence-corrected chi connectivity index (χ4v) is 13.1. The maximum Gasteiger partial charge on any atom is 0.364 e. The summed E-state index contributed by atoms with van der Waals surface area (Å²) in [5, 5.41) is 136. The Kier molecular flexibility index (Phi) is 47.0. The normalized spacial score (nSPS) is 27.9. The molecular formula is C71H132N2O21. The Morgan fingerprint density at radius 2 is 0.989 bits per heavy atom. The molecule has 3 saturated heterocycles. The standard InChI is InChI=1S/C71H132N2O21/c1-4-6-8-10-12-14-16-18-20-22-24-25-27-28-30-32-34-36-38-40-42-44-53(78)52(73-58(81)45-43-41-39-37-35-33-31-29-26-23-21-19-17-15-13-11-9-7-5-2)50-89-68-63(85)62(84)65(57(49-76)91-68)92-69-64(86)67(61(83)56(48-75)90-69)94-71(70(87)88)46-54(79)59(72-51(3)77)66(93-71)60(82)55(80)47-74/h42,44,52-57,59-69,74-76,78-80,82-86H,4-41,43,45-50H2,1-3H3,(H,72,77)(H,73,81)(H,87,88)/b44-42+. The lowest BCUT2D eigenvalue weighted by atomic mass is 9.88. The van der Waals surface area contributed by atoms with Gasteiger partial charge in [-0.1, -0.05) is 257 Å². The van der Waals surface area contributed by atoms with Crippen LogP contribution < -0.4 is 10.6 Å². The van der Waals surface area contributed by atoms with Crippen LogP contribution in [0.5, 0.6) is 0 Å². The molecule has 23 nitrogen and oxygen atoms in total. The van der Waals surface area contributed by atoms with Crippen molar-refractivity contribution in [3.8, 4) is 0 Å². The Labute approximate surface area is 562 Å². The summed E-state index contributed by atoms with van der Waals surface area (Å²) in [7, 11) is 0. The van der Waals surface area contributed by atoms with Crippen LogP contribution in [0.25, 0.3) is 0 Å². The highest BCUT2D eigenvalue weighted by Gasteiger charge is 2.60. The van der Waals surface area contributed by atoms with Crippen molar-refractivity contribution in [3.63, 3.8) is 0 Å². The molecule has 0 bridgehead atoms. The summed E-state index contributed by atoms with van der Waals surface area (Å²) >= 11 is 0. The van der Waals surface area contributed by atoms with Gasteiger partial charge in [-0.25, -0.2) is 4.79 Å². The number of allylic oxidation sites excluding steroid dienone is 1. The number of hydrogen-bond acceptors (Lipinski definition) is 20. The maximum atomic E-state index is 13.5. The third-order valence-electron chi connectivity index (χ3n) is 19.0. The molecule has 552 valence electrons. The van der Waals surface area contributed by atoms with Crippen LogP contribution in [-0.2, 0) is 42.8 Å². The Morgan fingerprint density at radius 1 is 0.553 bits per heavy atom. The Morgan fingerprint density at radius 3 is 1.41 bits per heavy atom. The van der Waals surface area contributed by atoms with Gasteiger partial charge in [0, 0.05) is 19.8 Å². The highest BCUT2D eigenvalue weighted by Crippen LogP contribution is 2.39. The number of aliphatic hydroxyl groups excluding tert-OH is 11. The van der Waals surface area contributed by atoms with Crippen LogP contribution in [0.2, 0.25) is 0 Å². The molecule has 18 unspecified atom stereocenters. The molecular weight excluding hydrogens is 1220 g/mol. The number of unbranched alkanes of at least 4 members (excludes halogenated alkanes) is 37. The van der Waals surface area contributed by atoms with Gasteiger partial charge in [0.1, 0.15) is 67.1 Å². The lowest BCUT2D eigenvalue weighted by Gasteiger charge is -2.50. The summed E-state index contributed by atoms with van der Waals surface area (Å²) in [5.74, 6) is -6.13. The summed E-state index contributed by atoms with van der Waals surface area (Å²) in [4.78, 5) is 38.6. The molecule has 2 amide bonds. The number of rotatable bonds is 57. The van der Waals surface area contributed by atoms with Crippen LogP contribution in [-0.4, -0.2) is 215 Å². The lowest BCUT2D eigenvalue weighted by molar-refractivity contribution is -0.386. The van der Waals surface area contributed by atoms with E-state index in [1.165, 1.54) is 193 Å². The molecule has 14 N–H and O–H groups in total. The first kappa shape index (κ1) is 85.7. The summed E-state index contributed by atoms with van der Waals surface area (Å²) in [5.41, 5.74) is 0. The zero-order valence-electron chi connectivity index (χ0n) is 57.8. The van der Waals surface area contributed by atoms with Gasteiger partial charge >= 0.3 is 5.97 Å². The maximum absolute atomic E-state index is 13.5. The molecule has 0 saturated carbocycles. The van der Waals surface area contributed by atoms with Crippen LogP contribution in [0.1, 0.15) is 284 Å². The van der Waals surface area contributed by atoms with Gasteiger partial charge in [-0.15, -0.1) is 0 Å². The van der Waals surface area contributed by atoms with E-state index in [1.54, 1.807) is 6.08 Å². The molecule has 3 fully saturated rings. The van der Waals surface area contributed by atoms with E-state index >= 15 is 0 Å². The average molecular weight is 1350 g/mol. The van der Waals surface area contributed by atoms with Crippen LogP contribution in [0.4, 0.5) is 0 Å². The van der Waals surface area contributed by atoms with E-state index in [2.05, 4.69) is 24.5 Å². The van der Waals surface area contributed by atoms with E-state index in [0.717, 1.165) is 51.9 Å². The van der Waals surface area contributed by atoms with Crippen LogP contribution in [0.15, 0.2) is 12.2 Å². The van der Waals surface area contributed by atoms with Gasteiger partial charge in [0.05, 0.1) is 50.7 Å². The number of nitrogens with one attached hydrogen (secondary N) is 2. The van der Waals surface area contributed by atoms with Crippen molar-refractivity contribution in [2.45, 2.75) is 394 Å². The Hall–Kier alpha value is -2.53. The largest absolute Gasteiger partial charge is 0.477 e. The molecule has 0 aromatic rings. The average Bonchev–Trinajstić information content (AvgIpc) is 0.760. The third-order valence-corrected chi connectivity index (χ3v) is 19.0. The van der Waals surface area contributed by atoms with Crippen molar-refractivity contribution >= 4 is 17.8 Å². The van der Waals surface area contributed by atoms with E-state index in [4.69, 9.17) is 28.4 Å². The zero-order chi connectivity index (χ0) is 68.9. The number of aliphatic carboxylic acids is 1. The number of ether oxygens (including phenoxy) is 6. The fourth-order valence-electron chi connectivity index (χ4n) is 13.1. The SMILES string of the molecule is CCCCCCCCCCCCCCCCCCCCC/C=C/C(O)C(COC1OC(CO)C(OC2OC(CO)C(O)C(OC3(C(=O)O)CC(O)C(NC(C)=O)C(C(O)C(O)CO)O3)C2O)C(O)C1O)NC(=O)CCCCCCCCCCCCCCCCCCCCC. The monoisotopic (exact) mass is 1350 g/mol. The summed E-state index contributed by atoms with van der Waals surface area (Å²) in [6.07, 6.45) is 22.4. The van der Waals surface area contributed by atoms with Crippen LogP contribution >= 0.6 is 0 Å². The van der Waals surface area contributed by atoms with E-state index < -0.39 is 155 Å². The Bertz CT molecular complexity index is 1940. The van der Waals surface area contributed by atoms with Gasteiger partial charge in [0.25, 0.3) is 5.79 Å². The molecule has 0 radical (unpaired) electrons. The first-order valence-electron chi connectivity index (χ1n) is 37.1. The Balaban J connectivity index is 1.58. The van der Waals surface area contributed by atoms with Crippen LogP contribution in [0, 0.1) is 0 Å². The second-order valence-electron chi connectivity index (χ2n) is 27.2. The van der Waals surface area contributed by atoms with Crippen molar-refractivity contribution in [1.29, 1.82) is 0 Å². The third kappa shape index (κ3) is 33.1. The van der Waals surface area contributed by atoms with E-state index in [-0.39, 0.29) is 12.3 Å². The molecule has 3 aliphatic rings. The topological polar surface area (TPSA) is 373 Å². The zero-order valence-corrected chi connectivity index (χ0v) is 57.8. The number of amides is 2. The summed E-state index contributed by atoms with van der Waals surface area (Å²) in [6.45, 7) is 2.17. The van der Waals surface area contributed by atoms with Gasteiger partial charge in [0.15, 0.2) is 12.6 Å². The van der Waals surface area contributed by atoms with Crippen LogP contribution in [0.3, 0.4) is 0 Å². The predicted molar refractivity (Wildman–Crippen MR) is 357 cm³/mol. The molecule has 0 aliphatic carbocycles. The van der Waals surface area contributed by atoms with Gasteiger partial charge in [-0.05, 0) is 19.3 Å². The number of hydrogen-bond donors (Lipinski definition) is 14. The smallest absolute Gasteiger partial charge is 0.364 e. The summed E-state index contributed by atoms with van der Waals surface area (Å²) in [6, 6.07) is -2.61. The molecule has 0 aromatic heterocycles. The number of aliphatic hydroxyl groups is 11. The molecule has 0 aromatic carbocycles.